The Balaban J connectivity index is 1.58. The normalized spacial score (nSPS) is 14.6. The van der Waals surface area contributed by atoms with Crippen LogP contribution in [0.1, 0.15) is 36.8 Å². The van der Waals surface area contributed by atoms with Crippen molar-refractivity contribution in [3.8, 4) is 0 Å². The number of ether oxygens (including phenoxy) is 1. The lowest BCUT2D eigenvalue weighted by Gasteiger charge is -2.36. The van der Waals surface area contributed by atoms with Crippen LogP contribution in [-0.4, -0.2) is 63.4 Å². The smallest absolute Gasteiger partial charge is 0.410 e. The number of halogens is 1. The van der Waals surface area contributed by atoms with Crippen molar-refractivity contribution >= 4 is 35.1 Å². The summed E-state index contributed by atoms with van der Waals surface area (Å²) in [5.41, 5.74) is 1.31. The fraction of sp³-hybridized carbons (Fsp3) is 0.500. The third-order valence-corrected chi connectivity index (χ3v) is 5.10. The van der Waals surface area contributed by atoms with Gasteiger partial charge >= 0.3 is 6.09 Å². The zero-order chi connectivity index (χ0) is 22.1. The molecule has 0 radical (unpaired) electrons. The number of anilines is 2. The van der Waals surface area contributed by atoms with E-state index in [0.29, 0.717) is 43.3 Å². The standard InChI is InChI=1S/C20H27ClN6O3/c1-13-16(17(21)25(5)24-13)18(28)23-15-7-6-14(12-22-15)26-8-10-27(11-9-26)19(29)30-20(2,3)4/h6-7,12H,8-11H2,1-5H3,(H,22,23,28). The van der Waals surface area contributed by atoms with Gasteiger partial charge < -0.3 is 19.9 Å². The highest BCUT2D eigenvalue weighted by Crippen LogP contribution is 2.22. The fourth-order valence-corrected chi connectivity index (χ4v) is 3.45. The molecule has 1 N–H and O–H groups in total. The topological polar surface area (TPSA) is 92.6 Å². The average Bonchev–Trinajstić information content (AvgIpc) is 2.93. The van der Waals surface area contributed by atoms with Crippen LogP contribution in [0.5, 0.6) is 0 Å². The second-order valence-corrected chi connectivity index (χ2v) is 8.54. The van der Waals surface area contributed by atoms with Crippen molar-refractivity contribution in [2.75, 3.05) is 36.4 Å². The second kappa shape index (κ2) is 8.51. The molecule has 0 atom stereocenters. The molecule has 1 aliphatic heterocycles. The summed E-state index contributed by atoms with van der Waals surface area (Å²) < 4.78 is 6.88. The maximum atomic E-state index is 12.5. The van der Waals surface area contributed by atoms with Crippen molar-refractivity contribution in [2.24, 2.45) is 7.05 Å². The molecule has 0 unspecified atom stereocenters. The molecule has 1 fully saturated rings. The Morgan fingerprint density at radius 1 is 1.17 bits per heavy atom. The summed E-state index contributed by atoms with van der Waals surface area (Å²) in [4.78, 5) is 32.9. The Morgan fingerprint density at radius 2 is 1.83 bits per heavy atom. The number of hydrogen-bond acceptors (Lipinski definition) is 6. The van der Waals surface area contributed by atoms with Crippen molar-refractivity contribution in [2.45, 2.75) is 33.3 Å². The molecule has 162 valence electrons. The summed E-state index contributed by atoms with van der Waals surface area (Å²) >= 11 is 6.15. The molecule has 2 aromatic heterocycles. The molecular weight excluding hydrogens is 408 g/mol. The number of aryl methyl sites for hydroxylation is 2. The first-order valence-electron chi connectivity index (χ1n) is 9.74. The number of aromatic nitrogens is 3. The van der Waals surface area contributed by atoms with Crippen molar-refractivity contribution < 1.29 is 14.3 Å². The van der Waals surface area contributed by atoms with Crippen LogP contribution >= 0.6 is 11.6 Å². The number of amides is 2. The van der Waals surface area contributed by atoms with E-state index in [0.717, 1.165) is 5.69 Å². The van der Waals surface area contributed by atoms with Gasteiger partial charge in [-0.05, 0) is 39.8 Å². The molecule has 10 heteroatoms. The van der Waals surface area contributed by atoms with E-state index in [2.05, 4.69) is 20.3 Å². The zero-order valence-corrected chi connectivity index (χ0v) is 18.7. The van der Waals surface area contributed by atoms with E-state index in [4.69, 9.17) is 16.3 Å². The molecule has 3 rings (SSSR count). The Morgan fingerprint density at radius 3 is 2.33 bits per heavy atom. The Kier molecular flexibility index (Phi) is 6.21. The minimum Gasteiger partial charge on any atom is -0.444 e. The van der Waals surface area contributed by atoms with Gasteiger partial charge in [-0.3, -0.25) is 9.48 Å². The van der Waals surface area contributed by atoms with Gasteiger partial charge in [0.15, 0.2) is 0 Å². The van der Waals surface area contributed by atoms with Crippen LogP contribution in [0.4, 0.5) is 16.3 Å². The summed E-state index contributed by atoms with van der Waals surface area (Å²) in [7, 11) is 1.68. The van der Waals surface area contributed by atoms with Crippen LogP contribution in [-0.2, 0) is 11.8 Å². The average molecular weight is 435 g/mol. The van der Waals surface area contributed by atoms with Crippen LogP contribution in [0, 0.1) is 6.92 Å². The van der Waals surface area contributed by atoms with E-state index < -0.39 is 5.60 Å². The number of nitrogens with zero attached hydrogens (tertiary/aromatic N) is 5. The first-order valence-corrected chi connectivity index (χ1v) is 10.1. The molecule has 1 saturated heterocycles. The largest absolute Gasteiger partial charge is 0.444 e. The van der Waals surface area contributed by atoms with Gasteiger partial charge in [-0.2, -0.15) is 5.10 Å². The Bertz CT molecular complexity index is 927. The maximum Gasteiger partial charge on any atom is 0.410 e. The SMILES string of the molecule is Cc1nn(C)c(Cl)c1C(=O)Nc1ccc(N2CCN(C(=O)OC(C)(C)C)CC2)cn1. The highest BCUT2D eigenvalue weighted by atomic mass is 35.5. The lowest BCUT2D eigenvalue weighted by Crippen LogP contribution is -2.50. The van der Waals surface area contributed by atoms with Crippen molar-refractivity contribution in [1.82, 2.24) is 19.7 Å². The van der Waals surface area contributed by atoms with Gasteiger partial charge in [0, 0.05) is 33.2 Å². The Hall–Kier alpha value is -2.81. The number of hydrogen-bond donors (Lipinski definition) is 1. The van der Waals surface area contributed by atoms with Gasteiger partial charge in [0.1, 0.15) is 16.6 Å². The van der Waals surface area contributed by atoms with E-state index in [9.17, 15) is 9.59 Å². The second-order valence-electron chi connectivity index (χ2n) is 8.19. The summed E-state index contributed by atoms with van der Waals surface area (Å²) in [6, 6.07) is 3.64. The van der Waals surface area contributed by atoms with E-state index in [1.54, 1.807) is 31.1 Å². The third kappa shape index (κ3) is 5.02. The van der Waals surface area contributed by atoms with Crippen molar-refractivity contribution in [3.63, 3.8) is 0 Å². The fourth-order valence-electron chi connectivity index (χ4n) is 3.19. The highest BCUT2D eigenvalue weighted by molar-refractivity contribution is 6.33. The van der Waals surface area contributed by atoms with E-state index >= 15 is 0 Å². The minimum absolute atomic E-state index is 0.282. The van der Waals surface area contributed by atoms with Gasteiger partial charge in [-0.15, -0.1) is 0 Å². The van der Waals surface area contributed by atoms with E-state index in [1.165, 1.54) is 4.68 Å². The lowest BCUT2D eigenvalue weighted by atomic mass is 10.2. The van der Waals surface area contributed by atoms with Crippen LogP contribution in [0.3, 0.4) is 0 Å². The van der Waals surface area contributed by atoms with E-state index in [-0.39, 0.29) is 17.2 Å². The minimum atomic E-state index is -0.503. The van der Waals surface area contributed by atoms with Crippen LogP contribution in [0.15, 0.2) is 18.3 Å². The molecule has 30 heavy (non-hydrogen) atoms. The number of rotatable bonds is 3. The molecule has 0 spiro atoms. The van der Waals surface area contributed by atoms with Crippen LogP contribution in [0.2, 0.25) is 5.15 Å². The number of carbonyl (C=O) groups excluding carboxylic acids is 2. The zero-order valence-electron chi connectivity index (χ0n) is 17.9. The summed E-state index contributed by atoms with van der Waals surface area (Å²) in [6.45, 7) is 9.81. The molecule has 9 nitrogen and oxygen atoms in total. The molecular formula is C20H27ClN6O3. The lowest BCUT2D eigenvalue weighted by molar-refractivity contribution is 0.0240. The van der Waals surface area contributed by atoms with Crippen molar-refractivity contribution in [3.05, 3.63) is 34.7 Å². The third-order valence-electron chi connectivity index (χ3n) is 4.67. The van der Waals surface area contributed by atoms with Crippen molar-refractivity contribution in [1.29, 1.82) is 0 Å². The number of piperazine rings is 1. The summed E-state index contributed by atoms with van der Waals surface area (Å²) in [6.07, 6.45) is 1.42. The number of nitrogens with one attached hydrogen (secondary N) is 1. The first kappa shape index (κ1) is 21.9. The van der Waals surface area contributed by atoms with E-state index in [1.807, 2.05) is 26.8 Å². The van der Waals surface area contributed by atoms with Gasteiger partial charge in [0.25, 0.3) is 5.91 Å². The molecule has 2 aromatic rings. The molecule has 3 heterocycles. The molecule has 1 aliphatic rings. The van der Waals surface area contributed by atoms with Gasteiger partial charge in [0.2, 0.25) is 0 Å². The van der Waals surface area contributed by atoms with Gasteiger partial charge in [0.05, 0.1) is 23.1 Å². The highest BCUT2D eigenvalue weighted by Gasteiger charge is 2.26. The van der Waals surface area contributed by atoms with Crippen LogP contribution in [0.25, 0.3) is 0 Å². The number of carbonyl (C=O) groups is 2. The van der Waals surface area contributed by atoms with Crippen LogP contribution < -0.4 is 10.2 Å². The summed E-state index contributed by atoms with van der Waals surface area (Å²) in [5.74, 6) is 0.0762. The maximum absolute atomic E-state index is 12.5. The molecule has 0 aliphatic carbocycles. The first-order chi connectivity index (χ1) is 14.0. The Labute approximate surface area is 180 Å². The van der Waals surface area contributed by atoms with Gasteiger partial charge in [-0.1, -0.05) is 11.6 Å². The van der Waals surface area contributed by atoms with Gasteiger partial charge in [-0.25, -0.2) is 9.78 Å². The molecule has 0 saturated carbocycles. The monoisotopic (exact) mass is 434 g/mol. The molecule has 2 amide bonds. The molecule has 0 bridgehead atoms. The predicted octanol–water partition coefficient (Wildman–Crippen LogP) is 3.09. The summed E-state index contributed by atoms with van der Waals surface area (Å²) in [5, 5.41) is 7.18. The number of pyridine rings is 1. The molecule has 0 aromatic carbocycles. The quantitative estimate of drug-likeness (QED) is 0.797. The predicted molar refractivity (Wildman–Crippen MR) is 115 cm³/mol.